The van der Waals surface area contributed by atoms with Gasteiger partial charge in [-0.05, 0) is 50.7 Å². The fraction of sp³-hybridized carbons (Fsp3) is 0.375. The molecule has 3 rings (SSSR count). The number of rotatable bonds is 9. The van der Waals surface area contributed by atoms with Gasteiger partial charge < -0.3 is 10.1 Å². The molecule has 1 heterocycles. The number of nitrogens with one attached hydrogen (secondary N) is 1. The largest absolute Gasteiger partial charge is 0.449 e. The average molecular weight is 408 g/mol. The summed E-state index contributed by atoms with van der Waals surface area (Å²) in [6, 6.07) is 10.0. The van der Waals surface area contributed by atoms with Crippen LogP contribution in [0.15, 0.2) is 60.5 Å². The third-order valence-electron chi connectivity index (χ3n) is 5.05. The first-order valence-corrected chi connectivity index (χ1v) is 10.5. The number of amides is 1. The van der Waals surface area contributed by atoms with Gasteiger partial charge in [-0.3, -0.25) is 9.48 Å². The van der Waals surface area contributed by atoms with Gasteiger partial charge in [0.1, 0.15) is 0 Å². The van der Waals surface area contributed by atoms with Crippen molar-refractivity contribution in [1.29, 1.82) is 0 Å². The standard InChI is InChI=1S/C24H29N3O3/c1-19(24(29)25-15-14-20-8-4-2-5-9-20)30-23(28)13-12-22-16-26-27(18-22)17-21-10-6-3-7-11-21/h3,6-8,10-13,16,18-19H,2,4-5,9,14-15,17H2,1H3,(H,25,29)/b13-12+/t19-/m0/s1. The molecular weight excluding hydrogens is 378 g/mol. The lowest BCUT2D eigenvalue weighted by atomic mass is 9.97. The Labute approximate surface area is 177 Å². The molecule has 158 valence electrons. The van der Waals surface area contributed by atoms with Crippen LogP contribution in [0.3, 0.4) is 0 Å². The molecular formula is C24H29N3O3. The van der Waals surface area contributed by atoms with Gasteiger partial charge >= 0.3 is 5.97 Å². The summed E-state index contributed by atoms with van der Waals surface area (Å²) in [5.41, 5.74) is 3.35. The Morgan fingerprint density at radius 1 is 1.27 bits per heavy atom. The molecule has 0 spiro atoms. The van der Waals surface area contributed by atoms with Crippen LogP contribution in [0, 0.1) is 0 Å². The van der Waals surface area contributed by atoms with Gasteiger partial charge in [-0.25, -0.2) is 4.79 Å². The van der Waals surface area contributed by atoms with Crippen molar-refractivity contribution in [3.63, 3.8) is 0 Å². The summed E-state index contributed by atoms with van der Waals surface area (Å²) in [4.78, 5) is 24.2. The van der Waals surface area contributed by atoms with E-state index >= 15 is 0 Å². The molecule has 0 saturated carbocycles. The minimum Gasteiger partial charge on any atom is -0.449 e. The Hall–Kier alpha value is -3.15. The summed E-state index contributed by atoms with van der Waals surface area (Å²) < 4.78 is 7.00. The third kappa shape index (κ3) is 7.03. The van der Waals surface area contributed by atoms with Crippen LogP contribution in [0.4, 0.5) is 0 Å². The first-order chi connectivity index (χ1) is 14.6. The van der Waals surface area contributed by atoms with E-state index in [-0.39, 0.29) is 5.91 Å². The maximum atomic E-state index is 12.1. The molecule has 1 atom stereocenters. The predicted molar refractivity (Wildman–Crippen MR) is 117 cm³/mol. The normalized spacial score (nSPS) is 14.9. The van der Waals surface area contributed by atoms with Crippen molar-refractivity contribution in [3.05, 3.63) is 71.6 Å². The molecule has 1 aliphatic carbocycles. The zero-order valence-electron chi connectivity index (χ0n) is 17.4. The fourth-order valence-corrected chi connectivity index (χ4v) is 3.38. The molecule has 6 heteroatoms. The molecule has 0 fully saturated rings. The predicted octanol–water partition coefficient (Wildman–Crippen LogP) is 3.88. The van der Waals surface area contributed by atoms with Crippen molar-refractivity contribution >= 4 is 18.0 Å². The van der Waals surface area contributed by atoms with Crippen LogP contribution < -0.4 is 5.32 Å². The highest BCUT2D eigenvalue weighted by atomic mass is 16.5. The summed E-state index contributed by atoms with van der Waals surface area (Å²) in [5.74, 6) is -0.827. The topological polar surface area (TPSA) is 73.2 Å². The number of benzene rings is 1. The molecule has 0 aliphatic heterocycles. The summed E-state index contributed by atoms with van der Waals surface area (Å²) in [5, 5.41) is 7.14. The zero-order valence-corrected chi connectivity index (χ0v) is 17.4. The molecule has 1 aromatic heterocycles. The van der Waals surface area contributed by atoms with Crippen LogP contribution in [0.2, 0.25) is 0 Å². The molecule has 0 saturated heterocycles. The quantitative estimate of drug-likeness (QED) is 0.389. The van der Waals surface area contributed by atoms with Gasteiger partial charge in [0.25, 0.3) is 5.91 Å². The molecule has 1 amide bonds. The number of esters is 1. The molecule has 1 aromatic carbocycles. The van der Waals surface area contributed by atoms with Crippen LogP contribution in [0.5, 0.6) is 0 Å². The first-order valence-electron chi connectivity index (χ1n) is 10.5. The molecule has 0 bridgehead atoms. The van der Waals surface area contributed by atoms with Gasteiger partial charge in [0.05, 0.1) is 12.7 Å². The maximum absolute atomic E-state index is 12.1. The van der Waals surface area contributed by atoms with Gasteiger partial charge in [-0.1, -0.05) is 42.0 Å². The number of hydrogen-bond donors (Lipinski definition) is 1. The Morgan fingerprint density at radius 2 is 2.10 bits per heavy atom. The number of ether oxygens (including phenoxy) is 1. The summed E-state index contributed by atoms with van der Waals surface area (Å²) in [6.07, 6.45) is 13.5. The van der Waals surface area contributed by atoms with Crippen LogP contribution >= 0.6 is 0 Å². The van der Waals surface area contributed by atoms with E-state index in [0.29, 0.717) is 13.1 Å². The monoisotopic (exact) mass is 407 g/mol. The molecule has 2 aromatic rings. The second-order valence-corrected chi connectivity index (χ2v) is 7.52. The van der Waals surface area contributed by atoms with Gasteiger partial charge in [-0.15, -0.1) is 0 Å². The van der Waals surface area contributed by atoms with Gasteiger partial charge in [0.15, 0.2) is 6.10 Å². The highest BCUT2D eigenvalue weighted by molar-refractivity contribution is 5.90. The van der Waals surface area contributed by atoms with E-state index in [2.05, 4.69) is 16.5 Å². The van der Waals surface area contributed by atoms with Crippen molar-refractivity contribution in [1.82, 2.24) is 15.1 Å². The van der Waals surface area contributed by atoms with Crippen LogP contribution in [-0.4, -0.2) is 34.3 Å². The number of carbonyl (C=O) groups is 2. The number of carbonyl (C=O) groups excluding carboxylic acids is 2. The first kappa shape index (κ1) is 21.6. The highest BCUT2D eigenvalue weighted by Crippen LogP contribution is 2.19. The summed E-state index contributed by atoms with van der Waals surface area (Å²) in [7, 11) is 0. The van der Waals surface area contributed by atoms with Crippen molar-refractivity contribution in [2.75, 3.05) is 6.54 Å². The van der Waals surface area contributed by atoms with E-state index in [4.69, 9.17) is 4.74 Å². The number of aromatic nitrogens is 2. The smallest absolute Gasteiger partial charge is 0.331 e. The van der Waals surface area contributed by atoms with Gasteiger partial charge in [0.2, 0.25) is 0 Å². The third-order valence-corrected chi connectivity index (χ3v) is 5.05. The van der Waals surface area contributed by atoms with E-state index < -0.39 is 12.1 Å². The second-order valence-electron chi connectivity index (χ2n) is 7.52. The molecule has 0 radical (unpaired) electrons. The van der Waals surface area contributed by atoms with Crippen LogP contribution in [-0.2, 0) is 20.9 Å². The molecule has 6 nitrogen and oxygen atoms in total. The zero-order chi connectivity index (χ0) is 21.2. The number of nitrogens with zero attached hydrogens (tertiary/aromatic N) is 2. The van der Waals surface area contributed by atoms with Crippen molar-refractivity contribution in [2.24, 2.45) is 0 Å². The van der Waals surface area contributed by atoms with E-state index in [1.807, 2.05) is 36.5 Å². The fourth-order valence-electron chi connectivity index (χ4n) is 3.38. The molecule has 1 aliphatic rings. The Bertz CT molecular complexity index is 899. The van der Waals surface area contributed by atoms with E-state index in [0.717, 1.165) is 30.4 Å². The summed E-state index contributed by atoms with van der Waals surface area (Å²) >= 11 is 0. The molecule has 1 N–H and O–H groups in total. The number of allylic oxidation sites excluding steroid dienone is 1. The Kier molecular flexibility index (Phi) is 8.01. The lowest BCUT2D eigenvalue weighted by molar-refractivity contribution is -0.150. The molecule has 30 heavy (non-hydrogen) atoms. The van der Waals surface area contributed by atoms with Crippen molar-refractivity contribution in [2.45, 2.75) is 51.7 Å². The molecule has 0 unspecified atom stereocenters. The highest BCUT2D eigenvalue weighted by Gasteiger charge is 2.16. The lowest BCUT2D eigenvalue weighted by Gasteiger charge is -2.15. The van der Waals surface area contributed by atoms with Gasteiger partial charge in [0, 0.05) is 24.4 Å². The minimum absolute atomic E-state index is 0.274. The lowest BCUT2D eigenvalue weighted by Crippen LogP contribution is -2.36. The van der Waals surface area contributed by atoms with E-state index in [9.17, 15) is 9.59 Å². The Morgan fingerprint density at radius 3 is 2.87 bits per heavy atom. The average Bonchev–Trinajstić information content (AvgIpc) is 3.21. The van der Waals surface area contributed by atoms with Gasteiger partial charge in [-0.2, -0.15) is 5.10 Å². The summed E-state index contributed by atoms with van der Waals surface area (Å²) in [6.45, 7) is 2.81. The van der Waals surface area contributed by atoms with Crippen molar-refractivity contribution in [3.8, 4) is 0 Å². The Balaban J connectivity index is 1.40. The maximum Gasteiger partial charge on any atom is 0.331 e. The van der Waals surface area contributed by atoms with Crippen molar-refractivity contribution < 1.29 is 14.3 Å². The SMILES string of the molecule is C[C@H](OC(=O)/C=C/c1cnn(Cc2ccccc2)c1)C(=O)NCCC1=CCCCC1. The minimum atomic E-state index is -0.830. The van der Waals surface area contributed by atoms with E-state index in [1.54, 1.807) is 23.9 Å². The number of hydrogen-bond acceptors (Lipinski definition) is 4. The van der Waals surface area contributed by atoms with Crippen LogP contribution in [0.1, 0.15) is 50.2 Å². The van der Waals surface area contributed by atoms with E-state index in [1.165, 1.54) is 24.5 Å². The second kappa shape index (κ2) is 11.1. The van der Waals surface area contributed by atoms with Crippen LogP contribution in [0.25, 0.3) is 6.08 Å².